The highest BCUT2D eigenvalue weighted by Gasteiger charge is 2.37. The van der Waals surface area contributed by atoms with Crippen molar-refractivity contribution in [3.8, 4) is 0 Å². The fraction of sp³-hybridized carbons (Fsp3) is 0.545. The molecule has 0 aromatic carbocycles. The van der Waals surface area contributed by atoms with E-state index in [2.05, 4.69) is 5.32 Å². The highest BCUT2D eigenvalue weighted by molar-refractivity contribution is 7.08. The normalized spacial score (nSPS) is 24.2. The summed E-state index contributed by atoms with van der Waals surface area (Å²) in [5.41, 5.74) is -1.29. The van der Waals surface area contributed by atoms with Crippen LogP contribution < -0.4 is 5.32 Å². The molecule has 2 rings (SSSR count). The lowest BCUT2D eigenvalue weighted by Crippen LogP contribution is -2.40. The third-order valence-electron chi connectivity index (χ3n) is 3.01. The molecule has 2 N–H and O–H groups in total. The third-order valence-corrected chi connectivity index (χ3v) is 3.75. The van der Waals surface area contributed by atoms with Gasteiger partial charge in [0.1, 0.15) is 0 Å². The molecule has 0 saturated heterocycles. The largest absolute Gasteiger partial charge is 0.417 e. The van der Waals surface area contributed by atoms with Crippen LogP contribution in [0.25, 0.3) is 0 Å². The number of alkyl halides is 3. The van der Waals surface area contributed by atoms with Gasteiger partial charge >= 0.3 is 6.18 Å². The number of halogens is 3. The number of nitrogens with one attached hydrogen (secondary N) is 1. The van der Waals surface area contributed by atoms with Crippen molar-refractivity contribution in [2.24, 2.45) is 0 Å². The molecule has 1 aliphatic carbocycles. The Hall–Kier alpha value is -1.08. The van der Waals surface area contributed by atoms with Crippen molar-refractivity contribution >= 4 is 17.2 Å². The van der Waals surface area contributed by atoms with Gasteiger partial charge in [0.15, 0.2) is 0 Å². The molecule has 0 aliphatic heterocycles. The van der Waals surface area contributed by atoms with Crippen LogP contribution in [0.2, 0.25) is 0 Å². The lowest BCUT2D eigenvalue weighted by atomic mass is 10.1. The Bertz CT molecular complexity index is 444. The van der Waals surface area contributed by atoms with E-state index in [1.807, 2.05) is 0 Å². The van der Waals surface area contributed by atoms with Crippen molar-refractivity contribution in [3.05, 3.63) is 21.9 Å². The number of aliphatic hydroxyl groups is 1. The second kappa shape index (κ2) is 4.89. The smallest absolute Gasteiger partial charge is 0.391 e. The van der Waals surface area contributed by atoms with Crippen LogP contribution in [-0.4, -0.2) is 23.2 Å². The van der Waals surface area contributed by atoms with Gasteiger partial charge in [0.05, 0.1) is 23.3 Å². The van der Waals surface area contributed by atoms with Gasteiger partial charge in [-0.2, -0.15) is 24.5 Å². The van der Waals surface area contributed by atoms with E-state index in [0.29, 0.717) is 12.8 Å². The van der Waals surface area contributed by atoms with Crippen LogP contribution in [0, 0.1) is 0 Å². The van der Waals surface area contributed by atoms with Crippen molar-refractivity contribution < 1.29 is 23.1 Å². The highest BCUT2D eigenvalue weighted by atomic mass is 32.1. The van der Waals surface area contributed by atoms with E-state index in [4.69, 9.17) is 0 Å². The Balaban J connectivity index is 2.12. The second-order valence-electron chi connectivity index (χ2n) is 4.28. The average Bonchev–Trinajstić information content (AvgIpc) is 2.86. The third kappa shape index (κ3) is 2.67. The molecule has 2 atom stereocenters. The maximum absolute atomic E-state index is 12.6. The molecule has 7 heteroatoms. The highest BCUT2D eigenvalue weighted by Crippen LogP contribution is 2.34. The molecule has 0 radical (unpaired) electrons. The summed E-state index contributed by atoms with van der Waals surface area (Å²) in [6.07, 6.45) is -3.26. The Morgan fingerprint density at radius 1 is 1.39 bits per heavy atom. The van der Waals surface area contributed by atoms with Gasteiger partial charge in [-0.1, -0.05) is 0 Å². The minimum absolute atomic E-state index is 0.369. The van der Waals surface area contributed by atoms with Gasteiger partial charge in [0.2, 0.25) is 0 Å². The number of thiophene rings is 1. The summed E-state index contributed by atoms with van der Waals surface area (Å²) in [5, 5.41) is 14.1. The molecule has 1 saturated carbocycles. The summed E-state index contributed by atoms with van der Waals surface area (Å²) >= 11 is 0.837. The van der Waals surface area contributed by atoms with Gasteiger partial charge < -0.3 is 10.4 Å². The number of rotatable bonds is 2. The van der Waals surface area contributed by atoms with Gasteiger partial charge in [-0.05, 0) is 19.3 Å². The van der Waals surface area contributed by atoms with Crippen LogP contribution in [0.3, 0.4) is 0 Å². The molecule has 1 amide bonds. The predicted octanol–water partition coefficient (Wildman–Crippen LogP) is 2.41. The summed E-state index contributed by atoms with van der Waals surface area (Å²) in [6, 6.07) is -0.446. The van der Waals surface area contributed by atoms with E-state index in [1.165, 1.54) is 5.38 Å². The SMILES string of the molecule is O=C(N[C@@H]1CCC[C@H]1O)c1cscc1C(F)(F)F. The summed E-state index contributed by atoms with van der Waals surface area (Å²) in [6.45, 7) is 0. The molecule has 0 unspecified atom stereocenters. The Kier molecular flexibility index (Phi) is 3.63. The zero-order valence-corrected chi connectivity index (χ0v) is 10.1. The molecule has 1 heterocycles. The maximum atomic E-state index is 12.6. The van der Waals surface area contributed by atoms with Crippen molar-refractivity contribution in [3.63, 3.8) is 0 Å². The number of amides is 1. The fourth-order valence-corrected chi connectivity index (χ4v) is 2.88. The maximum Gasteiger partial charge on any atom is 0.417 e. The van der Waals surface area contributed by atoms with E-state index < -0.39 is 29.8 Å². The molecule has 100 valence electrons. The lowest BCUT2D eigenvalue weighted by Gasteiger charge is -2.17. The van der Waals surface area contributed by atoms with E-state index in [9.17, 15) is 23.1 Å². The van der Waals surface area contributed by atoms with Crippen LogP contribution in [0.15, 0.2) is 10.8 Å². The molecular formula is C11H12F3NO2S. The minimum atomic E-state index is -4.53. The second-order valence-corrected chi connectivity index (χ2v) is 5.02. The average molecular weight is 279 g/mol. The zero-order chi connectivity index (χ0) is 13.3. The number of hydrogen-bond donors (Lipinski definition) is 2. The van der Waals surface area contributed by atoms with Crippen LogP contribution in [0.4, 0.5) is 13.2 Å². The van der Waals surface area contributed by atoms with Crippen molar-refractivity contribution in [1.29, 1.82) is 0 Å². The topological polar surface area (TPSA) is 49.3 Å². The quantitative estimate of drug-likeness (QED) is 0.873. The first kappa shape index (κ1) is 13.4. The zero-order valence-electron chi connectivity index (χ0n) is 9.33. The molecule has 1 aromatic heterocycles. The summed E-state index contributed by atoms with van der Waals surface area (Å²) < 4.78 is 37.8. The minimum Gasteiger partial charge on any atom is -0.391 e. The lowest BCUT2D eigenvalue weighted by molar-refractivity contribution is -0.137. The van der Waals surface area contributed by atoms with Crippen LogP contribution >= 0.6 is 11.3 Å². The molecule has 1 aromatic rings. The Morgan fingerprint density at radius 2 is 2.11 bits per heavy atom. The number of carbonyl (C=O) groups excluding carboxylic acids is 1. The first-order valence-electron chi connectivity index (χ1n) is 5.52. The van der Waals surface area contributed by atoms with E-state index in [-0.39, 0.29) is 5.56 Å². The first-order valence-corrected chi connectivity index (χ1v) is 6.46. The standard InChI is InChI=1S/C11H12F3NO2S/c12-11(13,14)7-5-18-4-6(7)10(17)15-8-2-1-3-9(8)16/h4-5,8-9,16H,1-3H2,(H,15,17)/t8-,9-/m1/s1. The Labute approximate surface area is 106 Å². The number of hydrogen-bond acceptors (Lipinski definition) is 3. The van der Waals surface area contributed by atoms with Gasteiger partial charge in [-0.25, -0.2) is 0 Å². The molecule has 1 aliphatic rings. The van der Waals surface area contributed by atoms with Crippen molar-refractivity contribution in [2.45, 2.75) is 37.6 Å². The molecule has 1 fully saturated rings. The molecular weight excluding hydrogens is 267 g/mol. The van der Waals surface area contributed by atoms with Crippen LogP contribution in [0.5, 0.6) is 0 Å². The molecule has 0 spiro atoms. The van der Waals surface area contributed by atoms with E-state index >= 15 is 0 Å². The van der Waals surface area contributed by atoms with Crippen LogP contribution in [0.1, 0.15) is 35.2 Å². The van der Waals surface area contributed by atoms with E-state index in [1.54, 1.807) is 0 Å². The number of carbonyl (C=O) groups is 1. The van der Waals surface area contributed by atoms with Gasteiger partial charge in [0.25, 0.3) is 5.91 Å². The summed E-state index contributed by atoms with van der Waals surface area (Å²) in [4.78, 5) is 11.8. The van der Waals surface area contributed by atoms with E-state index in [0.717, 1.165) is 23.1 Å². The molecule has 0 bridgehead atoms. The van der Waals surface area contributed by atoms with Gasteiger partial charge in [0, 0.05) is 10.8 Å². The Morgan fingerprint density at radius 3 is 2.67 bits per heavy atom. The monoisotopic (exact) mass is 279 g/mol. The first-order chi connectivity index (χ1) is 8.39. The number of aliphatic hydroxyl groups excluding tert-OH is 1. The fourth-order valence-electron chi connectivity index (χ4n) is 2.05. The molecule has 3 nitrogen and oxygen atoms in total. The predicted molar refractivity (Wildman–Crippen MR) is 60.4 cm³/mol. The summed E-state index contributed by atoms with van der Waals surface area (Å²) in [5.74, 6) is -0.769. The van der Waals surface area contributed by atoms with Gasteiger partial charge in [-0.15, -0.1) is 0 Å². The molecule has 18 heavy (non-hydrogen) atoms. The summed E-state index contributed by atoms with van der Waals surface area (Å²) in [7, 11) is 0. The van der Waals surface area contributed by atoms with Gasteiger partial charge in [-0.3, -0.25) is 4.79 Å². The van der Waals surface area contributed by atoms with Crippen molar-refractivity contribution in [2.75, 3.05) is 0 Å². The van der Waals surface area contributed by atoms with Crippen molar-refractivity contribution in [1.82, 2.24) is 5.32 Å². The van der Waals surface area contributed by atoms with Crippen LogP contribution in [-0.2, 0) is 6.18 Å².